The smallest absolute Gasteiger partial charge is 0.333 e. The molecule has 2 heterocycles. The molecule has 0 bridgehead atoms. The van der Waals surface area contributed by atoms with Crippen molar-refractivity contribution in [3.63, 3.8) is 0 Å². The van der Waals surface area contributed by atoms with Gasteiger partial charge in [-0.3, -0.25) is 9.13 Å². The third-order valence-electron chi connectivity index (χ3n) is 5.42. The Bertz CT molecular complexity index is 985. The molecule has 0 atom stereocenters. The Balaban J connectivity index is 1.69. The molecule has 0 radical (unpaired) electrons. The summed E-state index contributed by atoms with van der Waals surface area (Å²) in [4.78, 5) is 17.4. The molecule has 6 heteroatoms. The monoisotopic (exact) mass is 378 g/mol. The number of rotatable bonds is 5. The zero-order valence-corrected chi connectivity index (χ0v) is 16.1. The van der Waals surface area contributed by atoms with Gasteiger partial charge < -0.3 is 10.4 Å². The van der Waals surface area contributed by atoms with Crippen LogP contribution >= 0.6 is 0 Å². The van der Waals surface area contributed by atoms with Crippen LogP contribution in [0.5, 0.6) is 0 Å². The molecule has 0 aliphatic heterocycles. The molecule has 2 aromatic heterocycles. The molecule has 1 aliphatic rings. The van der Waals surface area contributed by atoms with E-state index in [1.807, 2.05) is 55.6 Å². The van der Waals surface area contributed by atoms with Crippen molar-refractivity contribution in [1.82, 2.24) is 14.1 Å². The number of imidazole rings is 1. The van der Waals surface area contributed by atoms with Crippen LogP contribution in [0.4, 0.5) is 5.82 Å². The Kier molecular flexibility index (Phi) is 5.30. The van der Waals surface area contributed by atoms with Gasteiger partial charge in [0, 0.05) is 30.5 Å². The minimum Gasteiger partial charge on any atom is -0.393 e. The van der Waals surface area contributed by atoms with Gasteiger partial charge in [0.2, 0.25) is 0 Å². The molecule has 0 unspecified atom stereocenters. The van der Waals surface area contributed by atoms with Gasteiger partial charge in [-0.25, -0.2) is 9.78 Å². The third kappa shape index (κ3) is 3.73. The highest BCUT2D eigenvalue weighted by molar-refractivity contribution is 5.65. The van der Waals surface area contributed by atoms with E-state index >= 15 is 0 Å². The summed E-state index contributed by atoms with van der Waals surface area (Å²) in [7, 11) is 0. The Hall–Kier alpha value is -2.86. The summed E-state index contributed by atoms with van der Waals surface area (Å²) in [5, 5.41) is 13.2. The number of aliphatic hydroxyl groups excluding tert-OH is 1. The number of aryl methyl sites for hydroxylation is 1. The number of aromatic nitrogens is 3. The first-order valence-corrected chi connectivity index (χ1v) is 9.94. The van der Waals surface area contributed by atoms with Crippen LogP contribution in [0.2, 0.25) is 0 Å². The van der Waals surface area contributed by atoms with E-state index in [2.05, 4.69) is 10.3 Å². The largest absolute Gasteiger partial charge is 0.393 e. The van der Waals surface area contributed by atoms with Gasteiger partial charge in [0.05, 0.1) is 17.5 Å². The summed E-state index contributed by atoms with van der Waals surface area (Å²) in [5.74, 6) is 0.801. The van der Waals surface area contributed by atoms with Crippen LogP contribution in [0.1, 0.15) is 32.6 Å². The predicted molar refractivity (Wildman–Crippen MR) is 111 cm³/mol. The Morgan fingerprint density at radius 2 is 1.89 bits per heavy atom. The summed E-state index contributed by atoms with van der Waals surface area (Å²) in [6.45, 7) is 2.59. The molecule has 2 N–H and O–H groups in total. The number of nitrogens with one attached hydrogen (secondary N) is 1. The van der Waals surface area contributed by atoms with Crippen molar-refractivity contribution < 1.29 is 5.11 Å². The highest BCUT2D eigenvalue weighted by Gasteiger charge is 2.20. The van der Waals surface area contributed by atoms with Gasteiger partial charge in [-0.1, -0.05) is 18.2 Å². The van der Waals surface area contributed by atoms with E-state index in [0.717, 1.165) is 48.4 Å². The van der Waals surface area contributed by atoms with Gasteiger partial charge in [0.1, 0.15) is 5.82 Å². The predicted octanol–water partition coefficient (Wildman–Crippen LogP) is 3.44. The second-order valence-electron chi connectivity index (χ2n) is 7.33. The number of hydrogen-bond donors (Lipinski definition) is 2. The van der Waals surface area contributed by atoms with Crippen LogP contribution in [0.15, 0.2) is 59.7 Å². The number of benzene rings is 1. The van der Waals surface area contributed by atoms with Crippen molar-refractivity contribution in [1.29, 1.82) is 0 Å². The summed E-state index contributed by atoms with van der Waals surface area (Å²) in [6.07, 6.45) is 7.03. The molecule has 1 fully saturated rings. The maximum atomic E-state index is 12.9. The number of para-hydroxylation sites is 1. The first-order chi connectivity index (χ1) is 13.7. The standard InChI is InChI=1S/C22H26N4O2/c1-2-25-15-20(26(22(25)28)18-6-4-3-5-7-18)16-12-13-23-21(14-16)24-17-8-10-19(27)11-9-17/h3-7,12-15,17,19,27H,2,8-11H2,1H3,(H,23,24). The van der Waals surface area contributed by atoms with Crippen molar-refractivity contribution in [2.75, 3.05) is 5.32 Å². The van der Waals surface area contributed by atoms with Gasteiger partial charge in [0.15, 0.2) is 0 Å². The molecule has 28 heavy (non-hydrogen) atoms. The molecule has 146 valence electrons. The SMILES string of the molecule is CCn1cc(-c2ccnc(NC3CCC(O)CC3)c2)n(-c2ccccc2)c1=O. The van der Waals surface area contributed by atoms with Crippen molar-refractivity contribution in [2.45, 2.75) is 51.3 Å². The number of hydrogen-bond acceptors (Lipinski definition) is 4. The molecule has 1 aromatic carbocycles. The minimum absolute atomic E-state index is 0.0451. The summed E-state index contributed by atoms with van der Waals surface area (Å²) < 4.78 is 3.47. The lowest BCUT2D eigenvalue weighted by Crippen LogP contribution is -2.28. The number of pyridine rings is 1. The summed E-state index contributed by atoms with van der Waals surface area (Å²) in [5.41, 5.74) is 2.60. The quantitative estimate of drug-likeness (QED) is 0.713. The molecule has 0 saturated heterocycles. The normalized spacial score (nSPS) is 19.5. The Labute approximate surface area is 164 Å². The fourth-order valence-corrected chi connectivity index (χ4v) is 3.85. The molecule has 0 amide bonds. The molecular weight excluding hydrogens is 352 g/mol. The average molecular weight is 378 g/mol. The van der Waals surface area contributed by atoms with E-state index in [1.54, 1.807) is 15.3 Å². The lowest BCUT2D eigenvalue weighted by Gasteiger charge is -2.26. The van der Waals surface area contributed by atoms with Crippen molar-refractivity contribution in [3.8, 4) is 16.9 Å². The first-order valence-electron chi connectivity index (χ1n) is 9.94. The fourth-order valence-electron chi connectivity index (χ4n) is 3.85. The second kappa shape index (κ2) is 8.02. The highest BCUT2D eigenvalue weighted by atomic mass is 16.3. The number of nitrogens with zero attached hydrogens (tertiary/aromatic N) is 3. The molecule has 1 saturated carbocycles. The minimum atomic E-state index is -0.175. The van der Waals surface area contributed by atoms with E-state index in [-0.39, 0.29) is 11.8 Å². The van der Waals surface area contributed by atoms with Crippen LogP contribution in [0, 0.1) is 0 Å². The van der Waals surface area contributed by atoms with Crippen molar-refractivity contribution in [3.05, 3.63) is 65.3 Å². The number of anilines is 1. The second-order valence-corrected chi connectivity index (χ2v) is 7.33. The topological polar surface area (TPSA) is 72.1 Å². The van der Waals surface area contributed by atoms with Gasteiger partial charge >= 0.3 is 5.69 Å². The van der Waals surface area contributed by atoms with Crippen LogP contribution in [0.3, 0.4) is 0 Å². The first kappa shape index (κ1) is 18.5. The lowest BCUT2D eigenvalue weighted by molar-refractivity contribution is 0.126. The molecular formula is C22H26N4O2. The van der Waals surface area contributed by atoms with E-state index < -0.39 is 0 Å². The third-order valence-corrected chi connectivity index (χ3v) is 5.42. The summed E-state index contributed by atoms with van der Waals surface area (Å²) >= 11 is 0. The van der Waals surface area contributed by atoms with Crippen molar-refractivity contribution >= 4 is 5.82 Å². The summed E-state index contributed by atoms with van der Waals surface area (Å²) in [6, 6.07) is 14.0. The fraction of sp³-hybridized carbons (Fsp3) is 0.364. The maximum Gasteiger partial charge on any atom is 0.333 e. The van der Waals surface area contributed by atoms with Crippen LogP contribution in [-0.2, 0) is 6.54 Å². The highest BCUT2D eigenvalue weighted by Crippen LogP contribution is 2.26. The lowest BCUT2D eigenvalue weighted by atomic mass is 9.93. The zero-order valence-electron chi connectivity index (χ0n) is 16.1. The molecule has 1 aliphatic carbocycles. The van der Waals surface area contributed by atoms with E-state index in [1.165, 1.54) is 0 Å². The van der Waals surface area contributed by atoms with Crippen LogP contribution < -0.4 is 11.0 Å². The molecule has 4 rings (SSSR count). The van der Waals surface area contributed by atoms with Gasteiger partial charge in [0.25, 0.3) is 0 Å². The van der Waals surface area contributed by atoms with E-state index in [0.29, 0.717) is 12.6 Å². The van der Waals surface area contributed by atoms with Crippen molar-refractivity contribution in [2.24, 2.45) is 0 Å². The van der Waals surface area contributed by atoms with E-state index in [4.69, 9.17) is 0 Å². The van der Waals surface area contributed by atoms with Gasteiger partial charge in [-0.2, -0.15) is 0 Å². The molecule has 3 aromatic rings. The molecule has 0 spiro atoms. The molecule has 6 nitrogen and oxygen atoms in total. The maximum absolute atomic E-state index is 12.9. The van der Waals surface area contributed by atoms with Gasteiger partial charge in [-0.05, 0) is 56.9 Å². The Morgan fingerprint density at radius 1 is 1.14 bits per heavy atom. The van der Waals surface area contributed by atoms with Gasteiger partial charge in [-0.15, -0.1) is 0 Å². The van der Waals surface area contributed by atoms with E-state index in [9.17, 15) is 9.90 Å². The van der Waals surface area contributed by atoms with Crippen LogP contribution in [-0.4, -0.2) is 31.4 Å². The van der Waals surface area contributed by atoms with Crippen LogP contribution in [0.25, 0.3) is 16.9 Å². The number of aliphatic hydroxyl groups is 1. The zero-order chi connectivity index (χ0) is 19.5. The Morgan fingerprint density at radius 3 is 2.61 bits per heavy atom. The average Bonchev–Trinajstić information content (AvgIpc) is 3.07.